The molecule has 0 aromatic heterocycles. The summed E-state index contributed by atoms with van der Waals surface area (Å²) >= 11 is 0. The Morgan fingerprint density at radius 1 is 1.33 bits per heavy atom. The number of nitrogens with two attached hydrogens (primary N) is 1. The van der Waals surface area contributed by atoms with Crippen LogP contribution >= 0.6 is 0 Å². The van der Waals surface area contributed by atoms with E-state index in [1.165, 1.54) is 0 Å². The van der Waals surface area contributed by atoms with Gasteiger partial charge in [-0.3, -0.25) is 15.0 Å². The number of carboxylic acids is 1. The lowest BCUT2D eigenvalue weighted by Gasteiger charge is -2.30. The number of carbonyl (C=O) groups excluding carboxylic acids is 2. The van der Waals surface area contributed by atoms with Crippen LogP contribution in [-0.2, 0) is 14.3 Å². The van der Waals surface area contributed by atoms with Crippen molar-refractivity contribution in [2.24, 2.45) is 5.73 Å². The lowest BCUT2D eigenvalue weighted by molar-refractivity contribution is -0.145. The fourth-order valence-corrected chi connectivity index (χ4v) is 1.80. The van der Waals surface area contributed by atoms with Gasteiger partial charge in [-0.05, 0) is 12.8 Å². The van der Waals surface area contributed by atoms with E-state index in [1.807, 2.05) is 10.2 Å². The zero-order valence-electron chi connectivity index (χ0n) is 9.92. The maximum atomic E-state index is 11.3. The van der Waals surface area contributed by atoms with Crippen LogP contribution < -0.4 is 11.1 Å². The number of carboxylic acid groups (broad SMARTS) is 1. The third kappa shape index (κ3) is 5.60. The number of ether oxygens (including phenoxy) is 1. The van der Waals surface area contributed by atoms with Crippen LogP contribution in [0.2, 0.25) is 0 Å². The Labute approximate surface area is 104 Å². The Morgan fingerprint density at radius 2 is 1.94 bits per heavy atom. The molecule has 0 aromatic rings. The number of urea groups is 1. The quantitative estimate of drug-likeness (QED) is 0.567. The number of piperidine rings is 1. The third-order valence-electron chi connectivity index (χ3n) is 2.61. The fourth-order valence-electron chi connectivity index (χ4n) is 1.80. The standard InChI is InChI=1S/C10H17N3O5/c11-10(17)12-8(14)5-13-3-1-7(2-4-13)18-6-9(15)16/h7H,1-6H2,(H,15,16)(H3,11,12,14,17). The van der Waals surface area contributed by atoms with Crippen molar-refractivity contribution in [2.45, 2.75) is 18.9 Å². The second kappa shape index (κ2) is 6.92. The van der Waals surface area contributed by atoms with Crippen molar-refractivity contribution in [2.75, 3.05) is 26.2 Å². The zero-order chi connectivity index (χ0) is 13.5. The van der Waals surface area contributed by atoms with E-state index >= 15 is 0 Å². The number of carbonyl (C=O) groups is 3. The third-order valence-corrected chi connectivity index (χ3v) is 2.61. The Bertz CT molecular complexity index is 325. The number of aliphatic carboxylic acids is 1. The number of rotatable bonds is 5. The number of primary amides is 1. The maximum absolute atomic E-state index is 11.3. The van der Waals surface area contributed by atoms with Crippen LogP contribution in [0.4, 0.5) is 4.79 Å². The molecule has 1 saturated heterocycles. The molecule has 1 aliphatic heterocycles. The van der Waals surface area contributed by atoms with Crippen molar-refractivity contribution in [3.63, 3.8) is 0 Å². The van der Waals surface area contributed by atoms with Gasteiger partial charge in [-0.25, -0.2) is 9.59 Å². The van der Waals surface area contributed by atoms with Gasteiger partial charge in [0.25, 0.3) is 0 Å². The molecule has 0 aromatic carbocycles. The van der Waals surface area contributed by atoms with Crippen LogP contribution in [-0.4, -0.2) is 60.3 Å². The van der Waals surface area contributed by atoms with Gasteiger partial charge in [0.15, 0.2) is 0 Å². The maximum Gasteiger partial charge on any atom is 0.329 e. The van der Waals surface area contributed by atoms with E-state index in [1.54, 1.807) is 0 Å². The predicted molar refractivity (Wildman–Crippen MR) is 60.8 cm³/mol. The van der Waals surface area contributed by atoms with Crippen LogP contribution in [0.1, 0.15) is 12.8 Å². The van der Waals surface area contributed by atoms with Gasteiger partial charge in [-0.15, -0.1) is 0 Å². The molecule has 102 valence electrons. The van der Waals surface area contributed by atoms with E-state index in [2.05, 4.69) is 0 Å². The average Bonchev–Trinajstić information content (AvgIpc) is 2.26. The molecule has 8 nitrogen and oxygen atoms in total. The molecule has 4 N–H and O–H groups in total. The number of nitrogens with one attached hydrogen (secondary N) is 1. The largest absolute Gasteiger partial charge is 0.480 e. The summed E-state index contributed by atoms with van der Waals surface area (Å²) in [6.07, 6.45) is 1.24. The monoisotopic (exact) mass is 259 g/mol. The van der Waals surface area contributed by atoms with Gasteiger partial charge in [0.05, 0.1) is 12.6 Å². The lowest BCUT2D eigenvalue weighted by atomic mass is 10.1. The van der Waals surface area contributed by atoms with E-state index < -0.39 is 17.9 Å². The van der Waals surface area contributed by atoms with Crippen molar-refractivity contribution in [1.29, 1.82) is 0 Å². The number of nitrogens with zero attached hydrogens (tertiary/aromatic N) is 1. The van der Waals surface area contributed by atoms with E-state index in [9.17, 15) is 14.4 Å². The summed E-state index contributed by atoms with van der Waals surface area (Å²) in [5.41, 5.74) is 4.82. The molecule has 0 bridgehead atoms. The Balaban J connectivity index is 2.20. The van der Waals surface area contributed by atoms with Crippen molar-refractivity contribution >= 4 is 17.9 Å². The van der Waals surface area contributed by atoms with Crippen LogP contribution in [0.15, 0.2) is 0 Å². The molecule has 0 atom stereocenters. The molecule has 3 amide bonds. The molecule has 1 heterocycles. The first-order valence-corrected chi connectivity index (χ1v) is 5.62. The van der Waals surface area contributed by atoms with Crippen LogP contribution in [0, 0.1) is 0 Å². The molecule has 18 heavy (non-hydrogen) atoms. The van der Waals surface area contributed by atoms with Gasteiger partial charge in [-0.2, -0.15) is 0 Å². The minimum absolute atomic E-state index is 0.0865. The molecule has 1 fully saturated rings. The highest BCUT2D eigenvalue weighted by molar-refractivity contribution is 5.94. The summed E-state index contributed by atoms with van der Waals surface area (Å²) in [5, 5.41) is 10.5. The van der Waals surface area contributed by atoms with Gasteiger partial charge in [0.2, 0.25) is 5.91 Å². The topological polar surface area (TPSA) is 122 Å². The summed E-state index contributed by atoms with van der Waals surface area (Å²) < 4.78 is 5.16. The first-order valence-electron chi connectivity index (χ1n) is 5.62. The van der Waals surface area contributed by atoms with Crippen LogP contribution in [0.5, 0.6) is 0 Å². The molecular weight excluding hydrogens is 242 g/mol. The number of amides is 3. The minimum Gasteiger partial charge on any atom is -0.480 e. The highest BCUT2D eigenvalue weighted by Crippen LogP contribution is 2.13. The summed E-state index contributed by atoms with van der Waals surface area (Å²) in [6, 6.07) is -0.861. The number of hydrogen-bond acceptors (Lipinski definition) is 5. The van der Waals surface area contributed by atoms with Crippen LogP contribution in [0.3, 0.4) is 0 Å². The molecule has 0 unspecified atom stereocenters. The molecule has 8 heteroatoms. The fraction of sp³-hybridized carbons (Fsp3) is 0.700. The van der Waals surface area contributed by atoms with Crippen LogP contribution in [0.25, 0.3) is 0 Å². The molecular formula is C10H17N3O5. The van der Waals surface area contributed by atoms with Gasteiger partial charge < -0.3 is 15.6 Å². The summed E-state index contributed by atoms with van der Waals surface area (Å²) in [5.74, 6) is -1.43. The SMILES string of the molecule is NC(=O)NC(=O)CN1CCC(OCC(=O)O)CC1. The predicted octanol–water partition coefficient (Wildman–Crippen LogP) is -1.25. The number of likely N-dealkylation sites (tertiary alicyclic amines) is 1. The second-order valence-corrected chi connectivity index (χ2v) is 4.09. The Hall–Kier alpha value is -1.67. The van der Waals surface area contributed by atoms with E-state index in [0.717, 1.165) is 0 Å². The van der Waals surface area contributed by atoms with Gasteiger partial charge >= 0.3 is 12.0 Å². The highest BCUT2D eigenvalue weighted by Gasteiger charge is 2.22. The van der Waals surface area contributed by atoms with E-state index in [4.69, 9.17) is 15.6 Å². The molecule has 0 aliphatic carbocycles. The Morgan fingerprint density at radius 3 is 2.44 bits per heavy atom. The first kappa shape index (κ1) is 14.4. The summed E-state index contributed by atoms with van der Waals surface area (Å²) in [4.78, 5) is 33.9. The average molecular weight is 259 g/mol. The van der Waals surface area contributed by atoms with E-state index in [-0.39, 0.29) is 19.3 Å². The molecule has 0 spiro atoms. The molecule has 1 aliphatic rings. The lowest BCUT2D eigenvalue weighted by Crippen LogP contribution is -2.45. The minimum atomic E-state index is -0.988. The van der Waals surface area contributed by atoms with Crippen molar-refractivity contribution in [1.82, 2.24) is 10.2 Å². The zero-order valence-corrected chi connectivity index (χ0v) is 9.92. The first-order chi connectivity index (χ1) is 8.47. The number of imide groups is 1. The molecule has 0 radical (unpaired) electrons. The molecule has 1 rings (SSSR count). The normalized spacial score (nSPS) is 17.3. The highest BCUT2D eigenvalue weighted by atomic mass is 16.5. The number of hydrogen-bond donors (Lipinski definition) is 3. The van der Waals surface area contributed by atoms with Crippen molar-refractivity contribution < 1.29 is 24.2 Å². The Kier molecular flexibility index (Phi) is 5.53. The van der Waals surface area contributed by atoms with Gasteiger partial charge in [0.1, 0.15) is 6.61 Å². The van der Waals surface area contributed by atoms with Crippen molar-refractivity contribution in [3.05, 3.63) is 0 Å². The summed E-state index contributed by atoms with van der Waals surface area (Å²) in [7, 11) is 0. The van der Waals surface area contributed by atoms with E-state index in [0.29, 0.717) is 25.9 Å². The molecule has 0 saturated carbocycles. The summed E-state index contributed by atoms with van der Waals surface area (Å²) in [6.45, 7) is 1.05. The second-order valence-electron chi connectivity index (χ2n) is 4.09. The van der Waals surface area contributed by atoms with Gasteiger partial charge in [0, 0.05) is 13.1 Å². The van der Waals surface area contributed by atoms with Crippen molar-refractivity contribution in [3.8, 4) is 0 Å². The van der Waals surface area contributed by atoms with Gasteiger partial charge in [-0.1, -0.05) is 0 Å². The smallest absolute Gasteiger partial charge is 0.329 e.